The van der Waals surface area contributed by atoms with Crippen LogP contribution >= 0.6 is 0 Å². The van der Waals surface area contributed by atoms with Crippen LogP contribution in [0.15, 0.2) is 24.3 Å². The Labute approximate surface area is 111 Å². The number of benzene rings is 1. The maximum atomic E-state index is 5.52. The highest BCUT2D eigenvalue weighted by atomic mass is 15.1. The summed E-state index contributed by atoms with van der Waals surface area (Å²) in [5.74, 6) is 0. The lowest BCUT2D eigenvalue weighted by atomic mass is 10.0. The third kappa shape index (κ3) is 4.11. The van der Waals surface area contributed by atoms with Crippen molar-refractivity contribution in [1.29, 1.82) is 0 Å². The molecule has 0 radical (unpaired) electrons. The van der Waals surface area contributed by atoms with E-state index in [1.54, 1.807) is 5.56 Å². The Morgan fingerprint density at radius 2 is 1.78 bits per heavy atom. The molecule has 0 saturated heterocycles. The van der Waals surface area contributed by atoms with Crippen LogP contribution < -0.4 is 5.73 Å². The molecule has 1 aromatic rings. The van der Waals surface area contributed by atoms with Gasteiger partial charge in [0.25, 0.3) is 0 Å². The molecule has 0 bridgehead atoms. The van der Waals surface area contributed by atoms with Crippen molar-refractivity contribution in [3.63, 3.8) is 0 Å². The fourth-order valence-corrected chi connectivity index (χ4v) is 2.79. The van der Waals surface area contributed by atoms with Crippen LogP contribution in [-0.2, 0) is 13.0 Å². The molecule has 0 saturated carbocycles. The van der Waals surface area contributed by atoms with E-state index in [0.29, 0.717) is 0 Å². The van der Waals surface area contributed by atoms with E-state index in [0.717, 1.165) is 13.1 Å². The van der Waals surface area contributed by atoms with Crippen molar-refractivity contribution in [2.75, 3.05) is 19.6 Å². The fraction of sp³-hybridized carbons (Fsp3) is 0.625. The number of rotatable bonds is 6. The van der Waals surface area contributed by atoms with Crippen LogP contribution in [0, 0.1) is 0 Å². The monoisotopic (exact) mass is 246 g/mol. The first-order valence-corrected chi connectivity index (χ1v) is 7.39. The van der Waals surface area contributed by atoms with E-state index >= 15 is 0 Å². The minimum atomic E-state index is 0.844. The fourth-order valence-electron chi connectivity index (χ4n) is 2.79. The molecule has 100 valence electrons. The summed E-state index contributed by atoms with van der Waals surface area (Å²) in [5, 5.41) is 0. The molecule has 2 nitrogen and oxygen atoms in total. The molecule has 1 heterocycles. The predicted octanol–water partition coefficient (Wildman–Crippen LogP) is 2.95. The van der Waals surface area contributed by atoms with Gasteiger partial charge in [-0.3, -0.25) is 4.90 Å². The third-order valence-electron chi connectivity index (χ3n) is 3.86. The van der Waals surface area contributed by atoms with Crippen LogP contribution in [0.25, 0.3) is 0 Å². The minimum Gasteiger partial charge on any atom is -0.330 e. The molecule has 18 heavy (non-hydrogen) atoms. The van der Waals surface area contributed by atoms with Gasteiger partial charge in [-0.05, 0) is 56.4 Å². The minimum absolute atomic E-state index is 0.844. The highest BCUT2D eigenvalue weighted by Crippen LogP contribution is 2.18. The van der Waals surface area contributed by atoms with Gasteiger partial charge in [-0.2, -0.15) is 0 Å². The van der Waals surface area contributed by atoms with Crippen LogP contribution in [-0.4, -0.2) is 24.5 Å². The zero-order valence-electron chi connectivity index (χ0n) is 11.4. The Morgan fingerprint density at radius 1 is 1.00 bits per heavy atom. The van der Waals surface area contributed by atoms with E-state index in [2.05, 4.69) is 29.2 Å². The molecule has 1 aliphatic rings. The summed E-state index contributed by atoms with van der Waals surface area (Å²) in [5.41, 5.74) is 8.61. The zero-order chi connectivity index (χ0) is 12.6. The Hall–Kier alpha value is -0.860. The lowest BCUT2D eigenvalue weighted by molar-refractivity contribution is 0.263. The molecule has 0 atom stereocenters. The number of nitrogens with zero attached hydrogens (tertiary/aromatic N) is 1. The molecule has 0 amide bonds. The first-order chi connectivity index (χ1) is 8.90. The van der Waals surface area contributed by atoms with Crippen molar-refractivity contribution < 1.29 is 0 Å². The molecule has 2 N–H and O–H groups in total. The average Bonchev–Trinajstić information content (AvgIpc) is 2.60. The van der Waals surface area contributed by atoms with E-state index in [9.17, 15) is 0 Å². The molecule has 1 aliphatic heterocycles. The van der Waals surface area contributed by atoms with Gasteiger partial charge in [0.1, 0.15) is 0 Å². The Bertz CT molecular complexity index is 349. The van der Waals surface area contributed by atoms with Crippen molar-refractivity contribution in [3.8, 4) is 0 Å². The molecule has 0 unspecified atom stereocenters. The zero-order valence-corrected chi connectivity index (χ0v) is 11.4. The second-order valence-electron chi connectivity index (χ2n) is 5.35. The first kappa shape index (κ1) is 13.6. The number of hydrogen-bond donors (Lipinski definition) is 1. The first-order valence-electron chi connectivity index (χ1n) is 7.39. The maximum absolute atomic E-state index is 5.52. The molecule has 0 spiro atoms. The summed E-state index contributed by atoms with van der Waals surface area (Å²) in [6.45, 7) is 4.49. The Morgan fingerprint density at radius 3 is 2.61 bits per heavy atom. The van der Waals surface area contributed by atoms with Crippen molar-refractivity contribution in [3.05, 3.63) is 35.4 Å². The number of nitrogens with two attached hydrogens (primary N) is 1. The van der Waals surface area contributed by atoms with Gasteiger partial charge < -0.3 is 5.73 Å². The second-order valence-corrected chi connectivity index (χ2v) is 5.35. The lowest BCUT2D eigenvalue weighted by Crippen LogP contribution is -2.24. The molecule has 0 fully saturated rings. The van der Waals surface area contributed by atoms with Gasteiger partial charge in [-0.1, -0.05) is 37.1 Å². The Balaban J connectivity index is 1.77. The van der Waals surface area contributed by atoms with Crippen molar-refractivity contribution in [2.45, 2.75) is 45.1 Å². The van der Waals surface area contributed by atoms with Gasteiger partial charge in [-0.15, -0.1) is 0 Å². The smallest absolute Gasteiger partial charge is 0.0236 e. The number of hydrogen-bond acceptors (Lipinski definition) is 2. The molecule has 2 heteroatoms. The van der Waals surface area contributed by atoms with Gasteiger partial charge in [0, 0.05) is 6.54 Å². The van der Waals surface area contributed by atoms with E-state index < -0.39 is 0 Å². The standard InChI is InChI=1S/C16H26N2/c17-11-5-1-2-6-12-18-13-7-10-15-8-3-4-9-16(15)14-18/h3-4,8-9H,1-2,5-7,10-14,17H2. The highest BCUT2D eigenvalue weighted by molar-refractivity contribution is 5.27. The van der Waals surface area contributed by atoms with Crippen LogP contribution in [0.4, 0.5) is 0 Å². The molecular formula is C16H26N2. The molecule has 0 aliphatic carbocycles. The summed E-state index contributed by atoms with van der Waals surface area (Å²) in [7, 11) is 0. The van der Waals surface area contributed by atoms with Crippen LogP contribution in [0.1, 0.15) is 43.2 Å². The maximum Gasteiger partial charge on any atom is 0.0236 e. The molecule has 0 aromatic heterocycles. The molecular weight excluding hydrogens is 220 g/mol. The molecule has 1 aromatic carbocycles. The van der Waals surface area contributed by atoms with E-state index in [1.165, 1.54) is 57.2 Å². The number of aryl methyl sites for hydroxylation is 1. The summed E-state index contributed by atoms with van der Waals surface area (Å²) in [6, 6.07) is 8.92. The highest BCUT2D eigenvalue weighted by Gasteiger charge is 2.12. The normalized spacial score (nSPS) is 16.3. The van der Waals surface area contributed by atoms with Crippen molar-refractivity contribution in [1.82, 2.24) is 4.90 Å². The van der Waals surface area contributed by atoms with Crippen molar-refractivity contribution >= 4 is 0 Å². The number of unbranched alkanes of at least 4 members (excludes halogenated alkanes) is 3. The van der Waals surface area contributed by atoms with Gasteiger partial charge in [0.15, 0.2) is 0 Å². The summed E-state index contributed by atoms with van der Waals surface area (Å²) in [6.07, 6.45) is 7.68. The van der Waals surface area contributed by atoms with E-state index in [-0.39, 0.29) is 0 Å². The molecule has 2 rings (SSSR count). The second kappa shape index (κ2) is 7.55. The van der Waals surface area contributed by atoms with E-state index in [1.807, 2.05) is 0 Å². The average molecular weight is 246 g/mol. The third-order valence-corrected chi connectivity index (χ3v) is 3.86. The largest absolute Gasteiger partial charge is 0.330 e. The van der Waals surface area contributed by atoms with Gasteiger partial charge in [0.2, 0.25) is 0 Å². The van der Waals surface area contributed by atoms with Gasteiger partial charge >= 0.3 is 0 Å². The summed E-state index contributed by atoms with van der Waals surface area (Å²) in [4.78, 5) is 2.62. The summed E-state index contributed by atoms with van der Waals surface area (Å²) >= 11 is 0. The van der Waals surface area contributed by atoms with Crippen LogP contribution in [0.3, 0.4) is 0 Å². The number of fused-ring (bicyclic) bond motifs is 1. The van der Waals surface area contributed by atoms with Crippen LogP contribution in [0.2, 0.25) is 0 Å². The van der Waals surface area contributed by atoms with Gasteiger partial charge in [0.05, 0.1) is 0 Å². The Kier molecular flexibility index (Phi) is 5.69. The van der Waals surface area contributed by atoms with Crippen LogP contribution in [0.5, 0.6) is 0 Å². The van der Waals surface area contributed by atoms with E-state index in [4.69, 9.17) is 5.73 Å². The quantitative estimate of drug-likeness (QED) is 0.782. The lowest BCUT2D eigenvalue weighted by Gasteiger charge is -2.20. The van der Waals surface area contributed by atoms with Gasteiger partial charge in [-0.25, -0.2) is 0 Å². The predicted molar refractivity (Wildman–Crippen MR) is 77.6 cm³/mol. The SMILES string of the molecule is NCCCCCCN1CCCc2ccccc2C1. The van der Waals surface area contributed by atoms with Crippen molar-refractivity contribution in [2.24, 2.45) is 5.73 Å². The summed E-state index contributed by atoms with van der Waals surface area (Å²) < 4.78 is 0. The topological polar surface area (TPSA) is 29.3 Å².